The molecule has 9 heteroatoms. The summed E-state index contributed by atoms with van der Waals surface area (Å²) >= 11 is 13.2. The van der Waals surface area contributed by atoms with Gasteiger partial charge in [0.2, 0.25) is 0 Å². The molecular weight excluding hydrogens is 425 g/mol. The van der Waals surface area contributed by atoms with Crippen LogP contribution in [-0.2, 0) is 0 Å². The summed E-state index contributed by atoms with van der Waals surface area (Å²) in [5.41, 5.74) is 6.54. The van der Waals surface area contributed by atoms with E-state index < -0.39 is 5.41 Å². The van der Waals surface area contributed by atoms with E-state index in [1.807, 2.05) is 17.9 Å². The van der Waals surface area contributed by atoms with E-state index in [4.69, 9.17) is 43.4 Å². The third-order valence-electron chi connectivity index (χ3n) is 5.19. The Morgan fingerprint density at radius 2 is 1.77 bits per heavy atom. The molecule has 4 rings (SSSR count). The number of benzene rings is 1. The van der Waals surface area contributed by atoms with Gasteiger partial charge in [0.1, 0.15) is 23.1 Å². The molecule has 0 unspecified atom stereocenters. The summed E-state index contributed by atoms with van der Waals surface area (Å²) in [5.74, 6) is 1.93. The first-order chi connectivity index (χ1) is 14.3. The first-order valence-electron chi connectivity index (χ1n) is 9.13. The lowest BCUT2D eigenvalue weighted by Crippen LogP contribution is -2.54. The number of rotatable bonds is 4. The van der Waals surface area contributed by atoms with E-state index in [9.17, 15) is 5.26 Å². The summed E-state index contributed by atoms with van der Waals surface area (Å²) in [4.78, 5) is 11.1. The molecular formula is C21H19Cl2N5O2. The Morgan fingerprint density at radius 3 is 2.33 bits per heavy atom. The predicted octanol–water partition coefficient (Wildman–Crippen LogP) is 4.55. The molecule has 7 nitrogen and oxygen atoms in total. The van der Waals surface area contributed by atoms with Crippen molar-refractivity contribution < 1.29 is 9.47 Å². The van der Waals surface area contributed by atoms with Gasteiger partial charge in [-0.25, -0.2) is 9.97 Å². The number of halogens is 2. The summed E-state index contributed by atoms with van der Waals surface area (Å²) < 4.78 is 10.8. The number of hydrogen-bond acceptors (Lipinski definition) is 7. The van der Waals surface area contributed by atoms with E-state index in [1.54, 1.807) is 18.3 Å². The highest BCUT2D eigenvalue weighted by Gasteiger charge is 2.40. The van der Waals surface area contributed by atoms with Gasteiger partial charge in [-0.3, -0.25) is 0 Å². The lowest BCUT2D eigenvalue weighted by Gasteiger charge is -2.44. The molecule has 1 aromatic carbocycles. The fraction of sp³-hybridized carbons (Fsp3) is 0.286. The number of fused-ring (bicyclic) bond motifs is 1. The molecule has 1 fully saturated rings. The number of anilines is 2. The van der Waals surface area contributed by atoms with Crippen LogP contribution in [0.25, 0.3) is 22.0 Å². The number of nitrogens with two attached hydrogens (primary N) is 1. The summed E-state index contributed by atoms with van der Waals surface area (Å²) in [6.07, 6.45) is 1.68. The zero-order valence-corrected chi connectivity index (χ0v) is 18.2. The molecule has 1 aliphatic rings. The lowest BCUT2D eigenvalue weighted by molar-refractivity contribution is 0.335. The molecule has 0 atom stereocenters. The summed E-state index contributed by atoms with van der Waals surface area (Å²) in [6, 6.07) is 7.61. The van der Waals surface area contributed by atoms with Gasteiger partial charge in [0.25, 0.3) is 0 Å². The molecule has 0 saturated carbocycles. The quantitative estimate of drug-likeness (QED) is 0.630. The predicted molar refractivity (Wildman–Crippen MR) is 118 cm³/mol. The molecule has 0 radical (unpaired) electrons. The largest absolute Gasteiger partial charge is 0.495 e. The van der Waals surface area contributed by atoms with Crippen molar-refractivity contribution in [3.05, 3.63) is 34.4 Å². The molecule has 3 aromatic rings. The Hall–Kier alpha value is -2.95. The Bertz CT molecular complexity index is 1170. The van der Waals surface area contributed by atoms with Crippen LogP contribution < -0.4 is 20.1 Å². The van der Waals surface area contributed by atoms with Crippen LogP contribution in [0.2, 0.25) is 10.0 Å². The number of pyridine rings is 2. The average molecular weight is 444 g/mol. The standard InChI is InChI=1S/C21H19Cl2N5O2/c1-21(8-24)9-28(10-21)20-12-5-16(25)26-7-11(12)4-13(27-20)17-18(22)14(29-2)6-15(30-3)19(17)23/h4-7H,9-10H2,1-3H3,(H2,25,26). The van der Waals surface area contributed by atoms with Crippen LogP contribution in [-0.4, -0.2) is 37.3 Å². The van der Waals surface area contributed by atoms with Crippen molar-refractivity contribution in [3.63, 3.8) is 0 Å². The van der Waals surface area contributed by atoms with E-state index >= 15 is 0 Å². The molecule has 0 spiro atoms. The number of nitrogens with zero attached hydrogens (tertiary/aromatic N) is 4. The number of nitrogen functional groups attached to an aromatic ring is 1. The molecule has 30 heavy (non-hydrogen) atoms. The monoisotopic (exact) mass is 443 g/mol. The van der Waals surface area contributed by atoms with Gasteiger partial charge in [0.15, 0.2) is 0 Å². The molecule has 154 valence electrons. The Morgan fingerprint density at radius 1 is 1.13 bits per heavy atom. The zero-order chi connectivity index (χ0) is 21.6. The van der Waals surface area contributed by atoms with Crippen LogP contribution in [0.3, 0.4) is 0 Å². The van der Waals surface area contributed by atoms with Crippen molar-refractivity contribution in [2.75, 3.05) is 37.9 Å². The smallest absolute Gasteiger partial charge is 0.141 e. The van der Waals surface area contributed by atoms with Crippen LogP contribution in [0.5, 0.6) is 11.5 Å². The van der Waals surface area contributed by atoms with E-state index in [0.29, 0.717) is 57.5 Å². The topological polar surface area (TPSA) is 97.3 Å². The maximum absolute atomic E-state index is 9.40. The van der Waals surface area contributed by atoms with Crippen LogP contribution >= 0.6 is 23.2 Å². The zero-order valence-electron chi connectivity index (χ0n) is 16.7. The molecule has 0 amide bonds. The van der Waals surface area contributed by atoms with Crippen molar-refractivity contribution in [2.45, 2.75) is 6.92 Å². The van der Waals surface area contributed by atoms with Gasteiger partial charge in [-0.2, -0.15) is 5.26 Å². The van der Waals surface area contributed by atoms with E-state index in [0.717, 1.165) is 10.8 Å². The van der Waals surface area contributed by atoms with Crippen LogP contribution in [0, 0.1) is 16.7 Å². The Balaban J connectivity index is 1.96. The average Bonchev–Trinajstić information content (AvgIpc) is 2.71. The van der Waals surface area contributed by atoms with E-state index in [2.05, 4.69) is 11.1 Å². The third kappa shape index (κ3) is 3.22. The molecule has 3 heterocycles. The fourth-order valence-electron chi connectivity index (χ4n) is 3.64. The van der Waals surface area contributed by atoms with Crippen molar-refractivity contribution in [1.82, 2.24) is 9.97 Å². The lowest BCUT2D eigenvalue weighted by atomic mass is 9.83. The van der Waals surface area contributed by atoms with Gasteiger partial charge in [-0.15, -0.1) is 0 Å². The van der Waals surface area contributed by atoms with Gasteiger partial charge in [-0.1, -0.05) is 23.2 Å². The summed E-state index contributed by atoms with van der Waals surface area (Å²) in [5, 5.41) is 11.7. The van der Waals surface area contributed by atoms with Crippen LogP contribution in [0.4, 0.5) is 11.6 Å². The Kier molecular flexibility index (Phi) is 5.00. The maximum atomic E-state index is 9.40. The summed E-state index contributed by atoms with van der Waals surface area (Å²) in [6.45, 7) is 3.03. The van der Waals surface area contributed by atoms with E-state index in [-0.39, 0.29) is 0 Å². The number of methoxy groups -OCH3 is 2. The first kappa shape index (κ1) is 20.3. The summed E-state index contributed by atoms with van der Waals surface area (Å²) in [7, 11) is 3.04. The van der Waals surface area contributed by atoms with Gasteiger partial charge in [-0.05, 0) is 19.1 Å². The molecule has 1 aliphatic heterocycles. The normalized spacial score (nSPS) is 14.9. The van der Waals surface area contributed by atoms with Crippen molar-refractivity contribution in [1.29, 1.82) is 5.26 Å². The first-order valence-corrected chi connectivity index (χ1v) is 9.88. The fourth-order valence-corrected chi connectivity index (χ4v) is 4.34. The van der Waals surface area contributed by atoms with Gasteiger partial charge >= 0.3 is 0 Å². The second-order valence-corrected chi connectivity index (χ2v) is 8.23. The minimum atomic E-state index is -0.420. The molecule has 0 aliphatic carbocycles. The Labute approximate surface area is 183 Å². The van der Waals surface area contributed by atoms with Crippen LogP contribution in [0.15, 0.2) is 24.4 Å². The minimum Gasteiger partial charge on any atom is -0.495 e. The maximum Gasteiger partial charge on any atom is 0.141 e. The van der Waals surface area contributed by atoms with Crippen molar-refractivity contribution in [3.8, 4) is 28.8 Å². The van der Waals surface area contributed by atoms with Gasteiger partial charge in [0.05, 0.1) is 41.4 Å². The van der Waals surface area contributed by atoms with E-state index in [1.165, 1.54) is 14.2 Å². The van der Waals surface area contributed by atoms with Crippen molar-refractivity contribution >= 4 is 45.6 Å². The number of hydrogen-bond donors (Lipinski definition) is 1. The molecule has 2 aromatic heterocycles. The third-order valence-corrected chi connectivity index (χ3v) is 5.94. The number of ether oxygens (including phenoxy) is 2. The highest BCUT2D eigenvalue weighted by atomic mass is 35.5. The molecule has 2 N–H and O–H groups in total. The highest BCUT2D eigenvalue weighted by Crippen LogP contribution is 2.47. The minimum absolute atomic E-state index is 0.329. The van der Waals surface area contributed by atoms with Crippen LogP contribution in [0.1, 0.15) is 6.92 Å². The highest BCUT2D eigenvalue weighted by molar-refractivity contribution is 6.41. The number of aromatic nitrogens is 2. The second kappa shape index (κ2) is 7.38. The SMILES string of the molecule is COc1cc(OC)c(Cl)c(-c2cc3cnc(N)cc3c(N3CC(C)(C#N)C3)n2)c1Cl. The molecule has 1 saturated heterocycles. The second-order valence-electron chi connectivity index (χ2n) is 7.47. The van der Waals surface area contributed by atoms with Gasteiger partial charge in [0, 0.05) is 41.7 Å². The van der Waals surface area contributed by atoms with Crippen molar-refractivity contribution in [2.24, 2.45) is 5.41 Å². The molecule has 0 bridgehead atoms. The number of nitriles is 1. The van der Waals surface area contributed by atoms with Gasteiger partial charge < -0.3 is 20.1 Å².